The van der Waals surface area contributed by atoms with Crippen molar-refractivity contribution in [2.75, 3.05) is 18.5 Å². The van der Waals surface area contributed by atoms with Crippen LogP contribution in [0.4, 0.5) is 5.69 Å². The van der Waals surface area contributed by atoms with Gasteiger partial charge in [-0.25, -0.2) is 4.79 Å². The number of carbonyl (C=O) groups is 2. The van der Waals surface area contributed by atoms with Crippen molar-refractivity contribution in [1.82, 2.24) is 5.32 Å². The SMILES string of the molecule is CCNC(=O)c1cccc(NC(=O)COc2ccc3c(CC)cc(=O)oc3c2)c1. The molecule has 0 saturated heterocycles. The number of hydrogen-bond donors (Lipinski definition) is 2. The van der Waals surface area contributed by atoms with E-state index in [-0.39, 0.29) is 18.4 Å². The van der Waals surface area contributed by atoms with Crippen molar-refractivity contribution in [2.24, 2.45) is 0 Å². The second kappa shape index (κ2) is 9.05. The van der Waals surface area contributed by atoms with E-state index >= 15 is 0 Å². The van der Waals surface area contributed by atoms with E-state index in [1.165, 1.54) is 6.07 Å². The van der Waals surface area contributed by atoms with Gasteiger partial charge in [-0.3, -0.25) is 9.59 Å². The predicted octanol–water partition coefficient (Wildman–Crippen LogP) is 3.12. The van der Waals surface area contributed by atoms with Gasteiger partial charge in [0.1, 0.15) is 11.3 Å². The van der Waals surface area contributed by atoms with E-state index in [4.69, 9.17) is 9.15 Å². The molecule has 0 spiro atoms. The molecule has 0 bridgehead atoms. The monoisotopic (exact) mass is 394 g/mol. The summed E-state index contributed by atoms with van der Waals surface area (Å²) in [4.78, 5) is 35.8. The molecule has 0 saturated carbocycles. The molecule has 0 radical (unpaired) electrons. The third-order valence-corrected chi connectivity index (χ3v) is 4.30. The van der Waals surface area contributed by atoms with Crippen LogP contribution in [0.2, 0.25) is 0 Å². The molecule has 150 valence electrons. The Morgan fingerprint density at radius 1 is 1.07 bits per heavy atom. The molecular formula is C22H22N2O5. The van der Waals surface area contributed by atoms with Gasteiger partial charge in [0.2, 0.25) is 0 Å². The van der Waals surface area contributed by atoms with E-state index in [9.17, 15) is 14.4 Å². The maximum Gasteiger partial charge on any atom is 0.336 e. The Morgan fingerprint density at radius 2 is 1.90 bits per heavy atom. The maximum absolute atomic E-state index is 12.2. The average Bonchev–Trinajstić information content (AvgIpc) is 2.71. The van der Waals surface area contributed by atoms with E-state index in [1.807, 2.05) is 13.8 Å². The molecule has 2 amide bonds. The van der Waals surface area contributed by atoms with Crippen molar-refractivity contribution in [2.45, 2.75) is 20.3 Å². The molecule has 0 aliphatic heterocycles. The Morgan fingerprint density at radius 3 is 2.66 bits per heavy atom. The number of amides is 2. The largest absolute Gasteiger partial charge is 0.484 e. The summed E-state index contributed by atoms with van der Waals surface area (Å²) in [6.45, 7) is 4.09. The van der Waals surface area contributed by atoms with Gasteiger partial charge >= 0.3 is 5.63 Å². The lowest BCUT2D eigenvalue weighted by molar-refractivity contribution is -0.118. The lowest BCUT2D eigenvalue weighted by atomic mass is 10.1. The molecule has 3 rings (SSSR count). The second-order valence-electron chi connectivity index (χ2n) is 6.38. The van der Waals surface area contributed by atoms with Gasteiger partial charge in [0.25, 0.3) is 11.8 Å². The normalized spacial score (nSPS) is 10.6. The third-order valence-electron chi connectivity index (χ3n) is 4.30. The van der Waals surface area contributed by atoms with E-state index in [2.05, 4.69) is 10.6 Å². The van der Waals surface area contributed by atoms with E-state index in [0.29, 0.717) is 35.5 Å². The summed E-state index contributed by atoms with van der Waals surface area (Å²) in [6.07, 6.45) is 0.708. The fourth-order valence-electron chi connectivity index (χ4n) is 2.94. The van der Waals surface area contributed by atoms with Crippen LogP contribution in [0, 0.1) is 0 Å². The highest BCUT2D eigenvalue weighted by molar-refractivity contribution is 5.97. The molecule has 3 aromatic rings. The van der Waals surface area contributed by atoms with Crippen molar-refractivity contribution in [3.8, 4) is 5.75 Å². The van der Waals surface area contributed by atoms with Crippen LogP contribution in [0.15, 0.2) is 57.7 Å². The molecule has 7 nitrogen and oxygen atoms in total. The molecule has 0 fully saturated rings. The van der Waals surface area contributed by atoms with Gasteiger partial charge in [0, 0.05) is 35.3 Å². The minimum atomic E-state index is -0.420. The Balaban J connectivity index is 1.66. The van der Waals surface area contributed by atoms with Gasteiger partial charge in [-0.1, -0.05) is 13.0 Å². The molecule has 1 aromatic heterocycles. The molecule has 1 heterocycles. The Bertz CT molecular complexity index is 1100. The van der Waals surface area contributed by atoms with Crippen LogP contribution in [-0.4, -0.2) is 25.0 Å². The van der Waals surface area contributed by atoms with Crippen LogP contribution in [-0.2, 0) is 11.2 Å². The van der Waals surface area contributed by atoms with Crippen LogP contribution in [0.3, 0.4) is 0 Å². The molecule has 2 N–H and O–H groups in total. The van der Waals surface area contributed by atoms with Gasteiger partial charge in [0.15, 0.2) is 6.61 Å². The summed E-state index contributed by atoms with van der Waals surface area (Å²) in [5.41, 5.74) is 1.85. The predicted molar refractivity (Wildman–Crippen MR) is 110 cm³/mol. The maximum atomic E-state index is 12.2. The van der Waals surface area contributed by atoms with Gasteiger partial charge in [0.05, 0.1) is 0 Å². The molecule has 0 aliphatic carbocycles. The molecule has 0 aliphatic rings. The number of benzene rings is 2. The Labute approximate surface area is 167 Å². The topological polar surface area (TPSA) is 97.6 Å². The highest BCUT2D eigenvalue weighted by Gasteiger charge is 2.09. The number of ether oxygens (including phenoxy) is 1. The summed E-state index contributed by atoms with van der Waals surface area (Å²) in [7, 11) is 0. The first-order valence-electron chi connectivity index (χ1n) is 9.38. The number of hydrogen-bond acceptors (Lipinski definition) is 5. The van der Waals surface area contributed by atoms with Crippen molar-refractivity contribution < 1.29 is 18.7 Å². The van der Waals surface area contributed by atoms with Crippen molar-refractivity contribution in [3.63, 3.8) is 0 Å². The zero-order chi connectivity index (χ0) is 20.8. The summed E-state index contributed by atoms with van der Waals surface area (Å²) < 4.78 is 10.8. The van der Waals surface area contributed by atoms with Gasteiger partial charge in [-0.15, -0.1) is 0 Å². The van der Waals surface area contributed by atoms with Crippen molar-refractivity contribution in [3.05, 3.63) is 70.1 Å². The van der Waals surface area contributed by atoms with Gasteiger partial charge in [-0.2, -0.15) is 0 Å². The first-order chi connectivity index (χ1) is 14.0. The fourth-order valence-corrected chi connectivity index (χ4v) is 2.94. The van der Waals surface area contributed by atoms with Crippen LogP contribution < -0.4 is 21.0 Å². The van der Waals surface area contributed by atoms with E-state index in [0.717, 1.165) is 10.9 Å². The van der Waals surface area contributed by atoms with Gasteiger partial charge < -0.3 is 19.8 Å². The lowest BCUT2D eigenvalue weighted by Crippen LogP contribution is -2.23. The first-order valence-corrected chi connectivity index (χ1v) is 9.38. The second-order valence-corrected chi connectivity index (χ2v) is 6.38. The zero-order valence-corrected chi connectivity index (χ0v) is 16.3. The molecular weight excluding hydrogens is 372 g/mol. The van der Waals surface area contributed by atoms with Crippen molar-refractivity contribution in [1.29, 1.82) is 0 Å². The molecule has 7 heteroatoms. The third kappa shape index (κ3) is 5.01. The number of nitrogens with one attached hydrogen (secondary N) is 2. The highest BCUT2D eigenvalue weighted by Crippen LogP contribution is 2.23. The smallest absolute Gasteiger partial charge is 0.336 e. The fraction of sp³-hybridized carbons (Fsp3) is 0.227. The number of carbonyl (C=O) groups excluding carboxylic acids is 2. The van der Waals surface area contributed by atoms with Crippen LogP contribution in [0.5, 0.6) is 5.75 Å². The summed E-state index contributed by atoms with van der Waals surface area (Å²) >= 11 is 0. The standard InChI is InChI=1S/C22H22N2O5/c1-3-14-11-21(26)29-19-12-17(8-9-18(14)19)28-13-20(25)24-16-7-5-6-15(10-16)22(27)23-4-2/h5-12H,3-4,13H2,1-2H3,(H,23,27)(H,24,25). The van der Waals surface area contributed by atoms with E-state index < -0.39 is 5.63 Å². The minimum Gasteiger partial charge on any atom is -0.484 e. The summed E-state index contributed by atoms with van der Waals surface area (Å²) in [6, 6.07) is 13.3. The molecule has 0 unspecified atom stereocenters. The van der Waals surface area contributed by atoms with Crippen LogP contribution in [0.1, 0.15) is 29.8 Å². The number of rotatable bonds is 7. The first kappa shape index (κ1) is 20.1. The number of anilines is 1. The average molecular weight is 394 g/mol. The number of aryl methyl sites for hydroxylation is 1. The molecule has 0 atom stereocenters. The highest BCUT2D eigenvalue weighted by atomic mass is 16.5. The Hall–Kier alpha value is -3.61. The molecule has 2 aromatic carbocycles. The van der Waals surface area contributed by atoms with Crippen molar-refractivity contribution >= 4 is 28.5 Å². The minimum absolute atomic E-state index is 0.205. The van der Waals surface area contributed by atoms with E-state index in [1.54, 1.807) is 42.5 Å². The zero-order valence-electron chi connectivity index (χ0n) is 16.3. The van der Waals surface area contributed by atoms with Gasteiger partial charge in [-0.05, 0) is 49.2 Å². The van der Waals surface area contributed by atoms with Crippen LogP contribution in [0.25, 0.3) is 11.0 Å². The summed E-state index contributed by atoms with van der Waals surface area (Å²) in [5.74, 6) is -0.161. The summed E-state index contributed by atoms with van der Waals surface area (Å²) in [5, 5.41) is 6.24. The molecule has 29 heavy (non-hydrogen) atoms. The number of fused-ring (bicyclic) bond motifs is 1. The lowest BCUT2D eigenvalue weighted by Gasteiger charge is -2.10. The van der Waals surface area contributed by atoms with Crippen LogP contribution >= 0.6 is 0 Å². The quantitative estimate of drug-likeness (QED) is 0.600. The Kier molecular flexibility index (Phi) is 6.29.